The van der Waals surface area contributed by atoms with Gasteiger partial charge >= 0.3 is 12.4 Å². The average molecular weight is 405 g/mol. The van der Waals surface area contributed by atoms with E-state index in [-0.39, 0.29) is 24.2 Å². The largest absolute Gasteiger partial charge is 0.441 e. The highest BCUT2D eigenvalue weighted by molar-refractivity contribution is 5.85. The monoisotopic (exact) mass is 404 g/mol. The van der Waals surface area contributed by atoms with Gasteiger partial charge in [-0.3, -0.25) is 0 Å². The zero-order chi connectivity index (χ0) is 18.7. The first-order chi connectivity index (χ1) is 12.5. The first-order valence-corrected chi connectivity index (χ1v) is 8.55. The molecule has 150 valence electrons. The van der Waals surface area contributed by atoms with Crippen molar-refractivity contribution in [1.29, 1.82) is 0 Å². The van der Waals surface area contributed by atoms with E-state index in [2.05, 4.69) is 31.8 Å². The standard InChI is InChI=1S/C17H22F2N4O3.ClH/c1-10-8-20-6-5-13(10)11(2)22-14-7-12(23-17(24)25-9-21-23)3-4-15(14)26-16(18)19;/h3-4,7,9-11,13,16,20,22H,5-6,8H2,1-2H3;1H/t10-,11+,13+;/m1./s1. The molecule has 1 saturated heterocycles. The molecule has 10 heteroatoms. The molecule has 27 heavy (non-hydrogen) atoms. The first kappa shape index (κ1) is 21.2. The number of nitrogens with one attached hydrogen (secondary N) is 2. The van der Waals surface area contributed by atoms with E-state index in [0.717, 1.165) is 30.6 Å². The SMILES string of the molecule is C[C@@H]1CNCC[C@@H]1[C@H](C)Nc1cc(-n2ncoc2=O)ccc1OC(F)F.Cl. The molecule has 3 rings (SSSR count). The van der Waals surface area contributed by atoms with E-state index in [1.165, 1.54) is 12.1 Å². The molecular formula is C17H23ClF2N4O3. The second-order valence-electron chi connectivity index (χ2n) is 6.54. The molecule has 1 aromatic carbocycles. The second-order valence-corrected chi connectivity index (χ2v) is 6.54. The Morgan fingerprint density at radius 1 is 1.44 bits per heavy atom. The quantitative estimate of drug-likeness (QED) is 0.770. The molecule has 2 N–H and O–H groups in total. The van der Waals surface area contributed by atoms with Gasteiger partial charge in [-0.25, -0.2) is 4.79 Å². The molecule has 1 aromatic heterocycles. The van der Waals surface area contributed by atoms with Gasteiger partial charge in [0.25, 0.3) is 0 Å². The Balaban J connectivity index is 0.00000261. The fraction of sp³-hybridized carbons (Fsp3) is 0.529. The number of anilines is 1. The summed E-state index contributed by atoms with van der Waals surface area (Å²) in [6, 6.07) is 4.47. The molecule has 0 bridgehead atoms. The van der Waals surface area contributed by atoms with E-state index in [4.69, 9.17) is 0 Å². The van der Waals surface area contributed by atoms with Crippen LogP contribution in [0.2, 0.25) is 0 Å². The van der Waals surface area contributed by atoms with Crippen molar-refractivity contribution in [2.45, 2.75) is 32.9 Å². The summed E-state index contributed by atoms with van der Waals surface area (Å²) in [5.41, 5.74) is 0.786. The van der Waals surface area contributed by atoms with Crippen molar-refractivity contribution in [3.05, 3.63) is 35.1 Å². The molecule has 2 heterocycles. The normalized spacial score (nSPS) is 20.8. The van der Waals surface area contributed by atoms with Crippen LogP contribution < -0.4 is 21.1 Å². The van der Waals surface area contributed by atoms with Gasteiger partial charge in [-0.05, 0) is 56.5 Å². The van der Waals surface area contributed by atoms with Crippen LogP contribution in [0.15, 0.2) is 33.8 Å². The van der Waals surface area contributed by atoms with E-state index >= 15 is 0 Å². The molecule has 3 atom stereocenters. The molecule has 1 aliphatic rings. The minimum absolute atomic E-state index is 0. The van der Waals surface area contributed by atoms with Crippen molar-refractivity contribution < 1.29 is 17.9 Å². The van der Waals surface area contributed by atoms with Crippen molar-refractivity contribution in [3.63, 3.8) is 0 Å². The highest BCUT2D eigenvalue weighted by atomic mass is 35.5. The van der Waals surface area contributed by atoms with Crippen molar-refractivity contribution in [1.82, 2.24) is 15.1 Å². The number of hydrogen-bond acceptors (Lipinski definition) is 6. The van der Waals surface area contributed by atoms with Crippen LogP contribution >= 0.6 is 12.4 Å². The highest BCUT2D eigenvalue weighted by Gasteiger charge is 2.27. The fourth-order valence-corrected chi connectivity index (χ4v) is 3.48. The lowest BCUT2D eigenvalue weighted by Gasteiger charge is -2.35. The Bertz CT molecular complexity index is 798. The van der Waals surface area contributed by atoms with Crippen molar-refractivity contribution in [2.24, 2.45) is 11.8 Å². The number of ether oxygens (including phenoxy) is 1. The maximum atomic E-state index is 12.8. The number of aromatic nitrogens is 2. The first-order valence-electron chi connectivity index (χ1n) is 8.55. The number of rotatable bonds is 6. The van der Waals surface area contributed by atoms with Crippen LogP contribution in [0.25, 0.3) is 5.69 Å². The zero-order valence-corrected chi connectivity index (χ0v) is 15.8. The summed E-state index contributed by atoms with van der Waals surface area (Å²) in [5.74, 6) is 0.202. The number of halogens is 3. The summed E-state index contributed by atoms with van der Waals surface area (Å²) in [5, 5.41) is 10.4. The average Bonchev–Trinajstić information content (AvgIpc) is 3.02. The Morgan fingerprint density at radius 3 is 2.85 bits per heavy atom. The van der Waals surface area contributed by atoms with Gasteiger partial charge in [0, 0.05) is 6.04 Å². The maximum absolute atomic E-state index is 12.8. The van der Waals surface area contributed by atoms with Crippen LogP contribution in [-0.2, 0) is 0 Å². The molecule has 0 saturated carbocycles. The lowest BCUT2D eigenvalue weighted by molar-refractivity contribution is -0.0494. The predicted molar refractivity (Wildman–Crippen MR) is 99.2 cm³/mol. The van der Waals surface area contributed by atoms with E-state index in [0.29, 0.717) is 23.2 Å². The summed E-state index contributed by atoms with van der Waals surface area (Å²) in [7, 11) is 0. The molecule has 7 nitrogen and oxygen atoms in total. The molecular weight excluding hydrogens is 382 g/mol. The molecule has 0 spiro atoms. The van der Waals surface area contributed by atoms with Crippen LogP contribution in [-0.4, -0.2) is 35.5 Å². The van der Waals surface area contributed by atoms with Crippen LogP contribution in [0, 0.1) is 11.8 Å². The lowest BCUT2D eigenvalue weighted by Crippen LogP contribution is -2.42. The molecule has 2 aromatic rings. The minimum Gasteiger partial charge on any atom is -0.433 e. The number of benzene rings is 1. The lowest BCUT2D eigenvalue weighted by atomic mass is 9.82. The smallest absolute Gasteiger partial charge is 0.433 e. The maximum Gasteiger partial charge on any atom is 0.441 e. The summed E-state index contributed by atoms with van der Waals surface area (Å²) in [4.78, 5) is 11.7. The van der Waals surface area contributed by atoms with Gasteiger partial charge in [-0.15, -0.1) is 17.5 Å². The third-order valence-electron chi connectivity index (χ3n) is 4.79. The summed E-state index contributed by atoms with van der Waals surface area (Å²) < 4.78 is 35.8. The topological polar surface area (TPSA) is 81.3 Å². The van der Waals surface area contributed by atoms with E-state index < -0.39 is 12.4 Å². The Morgan fingerprint density at radius 2 is 2.22 bits per heavy atom. The zero-order valence-electron chi connectivity index (χ0n) is 15.0. The predicted octanol–water partition coefficient (Wildman–Crippen LogP) is 2.89. The second kappa shape index (κ2) is 9.18. The van der Waals surface area contributed by atoms with Crippen LogP contribution in [0.3, 0.4) is 0 Å². The van der Waals surface area contributed by atoms with Gasteiger partial charge in [-0.1, -0.05) is 6.92 Å². The highest BCUT2D eigenvalue weighted by Crippen LogP contribution is 2.32. The molecule has 1 fully saturated rings. The summed E-state index contributed by atoms with van der Waals surface area (Å²) in [6.07, 6.45) is 2.02. The Labute approximate surface area is 161 Å². The molecule has 0 radical (unpaired) electrons. The Hall–Kier alpha value is -2.13. The van der Waals surface area contributed by atoms with Crippen LogP contribution in [0.4, 0.5) is 14.5 Å². The molecule has 1 aliphatic heterocycles. The Kier molecular flexibility index (Phi) is 7.20. The fourth-order valence-electron chi connectivity index (χ4n) is 3.48. The third kappa shape index (κ3) is 4.98. The van der Waals surface area contributed by atoms with Gasteiger partial charge in [0.05, 0.1) is 11.4 Å². The number of nitrogens with zero attached hydrogens (tertiary/aromatic N) is 2. The van der Waals surface area contributed by atoms with Crippen LogP contribution in [0.5, 0.6) is 5.75 Å². The molecule has 0 aliphatic carbocycles. The van der Waals surface area contributed by atoms with Gasteiger partial charge in [-0.2, -0.15) is 13.5 Å². The molecule has 0 unspecified atom stereocenters. The summed E-state index contributed by atoms with van der Waals surface area (Å²) in [6.45, 7) is 3.09. The van der Waals surface area contributed by atoms with E-state index in [1.807, 2.05) is 6.92 Å². The van der Waals surface area contributed by atoms with Crippen molar-refractivity contribution in [3.8, 4) is 11.4 Å². The van der Waals surface area contributed by atoms with Crippen molar-refractivity contribution >= 4 is 18.1 Å². The van der Waals surface area contributed by atoms with Gasteiger partial charge in [0.15, 0.2) is 0 Å². The minimum atomic E-state index is -2.94. The van der Waals surface area contributed by atoms with Crippen molar-refractivity contribution in [2.75, 3.05) is 18.4 Å². The molecule has 0 amide bonds. The van der Waals surface area contributed by atoms with Gasteiger partial charge in [0.2, 0.25) is 6.39 Å². The number of hydrogen-bond donors (Lipinski definition) is 2. The number of piperidine rings is 1. The van der Waals surface area contributed by atoms with Gasteiger partial charge in [0.1, 0.15) is 5.75 Å². The van der Waals surface area contributed by atoms with Gasteiger partial charge < -0.3 is 19.8 Å². The third-order valence-corrected chi connectivity index (χ3v) is 4.79. The number of alkyl halides is 2. The van der Waals surface area contributed by atoms with E-state index in [1.54, 1.807) is 6.07 Å². The van der Waals surface area contributed by atoms with E-state index in [9.17, 15) is 13.6 Å². The summed E-state index contributed by atoms with van der Waals surface area (Å²) >= 11 is 0. The van der Waals surface area contributed by atoms with Crippen LogP contribution in [0.1, 0.15) is 20.3 Å².